The molecule has 0 saturated heterocycles. The highest BCUT2D eigenvalue weighted by Crippen LogP contribution is 2.33. The van der Waals surface area contributed by atoms with E-state index in [0.29, 0.717) is 12.0 Å². The van der Waals surface area contributed by atoms with E-state index in [1.165, 1.54) is 43.1 Å². The number of likely N-dealkylation sites (N-methyl/N-ethyl adjacent to an activating group) is 1. The quantitative estimate of drug-likeness (QED) is 0.841. The number of nitrogens with one attached hydrogen (secondary N) is 1. The highest BCUT2D eigenvalue weighted by molar-refractivity contribution is 5.79. The van der Waals surface area contributed by atoms with E-state index in [0.717, 1.165) is 12.1 Å². The Balaban J connectivity index is 1.93. The van der Waals surface area contributed by atoms with E-state index < -0.39 is 0 Å². The van der Waals surface area contributed by atoms with Crippen molar-refractivity contribution in [3.63, 3.8) is 0 Å². The molecule has 1 aliphatic rings. The van der Waals surface area contributed by atoms with Gasteiger partial charge in [-0.1, -0.05) is 38.3 Å². The van der Waals surface area contributed by atoms with Crippen LogP contribution in [-0.4, -0.2) is 17.6 Å². The van der Waals surface area contributed by atoms with Crippen LogP contribution in [0.3, 0.4) is 0 Å². The topological polar surface area (TPSA) is 24.9 Å². The first-order valence-electron chi connectivity index (χ1n) is 7.96. The van der Waals surface area contributed by atoms with Gasteiger partial charge in [-0.25, -0.2) is 0 Å². The van der Waals surface area contributed by atoms with E-state index in [4.69, 9.17) is 0 Å². The normalized spacial score (nSPS) is 23.6. The van der Waals surface area contributed by atoms with E-state index >= 15 is 0 Å². The maximum atomic E-state index is 4.43. The van der Waals surface area contributed by atoms with Gasteiger partial charge in [-0.2, -0.15) is 0 Å². The third-order valence-electron chi connectivity index (χ3n) is 4.54. The van der Waals surface area contributed by atoms with E-state index in [-0.39, 0.29) is 0 Å². The second-order valence-corrected chi connectivity index (χ2v) is 5.86. The third kappa shape index (κ3) is 2.85. The van der Waals surface area contributed by atoms with Crippen LogP contribution in [0, 0.1) is 0 Å². The number of pyridine rings is 1. The minimum atomic E-state index is 0.636. The minimum absolute atomic E-state index is 0.636. The summed E-state index contributed by atoms with van der Waals surface area (Å²) in [5.41, 5.74) is 2.59. The summed E-state index contributed by atoms with van der Waals surface area (Å²) in [6.45, 7) is 3.28. The maximum absolute atomic E-state index is 4.43. The lowest BCUT2D eigenvalue weighted by Crippen LogP contribution is -2.34. The predicted molar refractivity (Wildman–Crippen MR) is 85.0 cm³/mol. The lowest BCUT2D eigenvalue weighted by molar-refractivity contribution is 0.419. The maximum Gasteiger partial charge on any atom is 0.0702 e. The molecule has 0 amide bonds. The van der Waals surface area contributed by atoms with Gasteiger partial charge in [0, 0.05) is 17.6 Å². The molecule has 106 valence electrons. The summed E-state index contributed by atoms with van der Waals surface area (Å²) in [6, 6.07) is 11.7. The van der Waals surface area contributed by atoms with Crippen molar-refractivity contribution in [1.29, 1.82) is 0 Å². The van der Waals surface area contributed by atoms with Crippen LogP contribution in [0.4, 0.5) is 0 Å². The minimum Gasteiger partial charge on any atom is -0.314 e. The fraction of sp³-hybridized carbons (Fsp3) is 0.500. The van der Waals surface area contributed by atoms with Gasteiger partial charge < -0.3 is 5.32 Å². The Morgan fingerprint density at radius 3 is 2.95 bits per heavy atom. The Labute approximate surface area is 121 Å². The molecule has 0 aliphatic heterocycles. The third-order valence-corrected chi connectivity index (χ3v) is 4.54. The molecular formula is C18H24N2. The summed E-state index contributed by atoms with van der Waals surface area (Å²) in [4.78, 5) is 4.43. The molecule has 2 unspecified atom stereocenters. The number of hydrogen-bond donors (Lipinski definition) is 1. The number of aromatic nitrogens is 1. The zero-order valence-corrected chi connectivity index (χ0v) is 12.3. The van der Waals surface area contributed by atoms with Crippen LogP contribution in [0.25, 0.3) is 10.9 Å². The monoisotopic (exact) mass is 268 g/mol. The summed E-state index contributed by atoms with van der Waals surface area (Å²) in [6.07, 6.45) is 8.59. The van der Waals surface area contributed by atoms with Crippen molar-refractivity contribution in [1.82, 2.24) is 10.3 Å². The van der Waals surface area contributed by atoms with Gasteiger partial charge in [0.2, 0.25) is 0 Å². The second-order valence-electron chi connectivity index (χ2n) is 5.86. The Kier molecular flexibility index (Phi) is 4.31. The van der Waals surface area contributed by atoms with Gasteiger partial charge in [0.15, 0.2) is 0 Å². The van der Waals surface area contributed by atoms with E-state index in [1.807, 2.05) is 12.3 Å². The number of hydrogen-bond acceptors (Lipinski definition) is 2. The molecule has 0 bridgehead atoms. The number of rotatable bonds is 3. The molecule has 1 aliphatic carbocycles. The van der Waals surface area contributed by atoms with Crippen LogP contribution in [0.5, 0.6) is 0 Å². The molecule has 3 rings (SSSR count). The van der Waals surface area contributed by atoms with Crippen LogP contribution >= 0.6 is 0 Å². The lowest BCUT2D eigenvalue weighted by Gasteiger charge is -2.26. The van der Waals surface area contributed by atoms with E-state index in [2.05, 4.69) is 41.5 Å². The van der Waals surface area contributed by atoms with Crippen molar-refractivity contribution in [2.45, 2.75) is 51.0 Å². The van der Waals surface area contributed by atoms with Gasteiger partial charge >= 0.3 is 0 Å². The summed E-state index contributed by atoms with van der Waals surface area (Å²) in [5.74, 6) is 0.655. The average molecular weight is 268 g/mol. The Morgan fingerprint density at radius 2 is 2.05 bits per heavy atom. The van der Waals surface area contributed by atoms with Gasteiger partial charge in [0.25, 0.3) is 0 Å². The van der Waals surface area contributed by atoms with Crippen molar-refractivity contribution < 1.29 is 0 Å². The zero-order valence-electron chi connectivity index (χ0n) is 12.3. The van der Waals surface area contributed by atoms with Crippen molar-refractivity contribution in [3.8, 4) is 0 Å². The van der Waals surface area contributed by atoms with Crippen LogP contribution in [0.1, 0.15) is 50.5 Å². The largest absolute Gasteiger partial charge is 0.314 e. The summed E-state index contributed by atoms with van der Waals surface area (Å²) in [7, 11) is 0. The average Bonchev–Trinajstić information content (AvgIpc) is 2.73. The molecule has 1 N–H and O–H groups in total. The molecule has 1 aromatic carbocycles. The van der Waals surface area contributed by atoms with Gasteiger partial charge in [-0.05, 0) is 49.1 Å². The molecule has 1 heterocycles. The van der Waals surface area contributed by atoms with E-state index in [9.17, 15) is 0 Å². The number of fused-ring (bicyclic) bond motifs is 1. The Bertz CT molecular complexity index is 564. The van der Waals surface area contributed by atoms with E-state index in [1.54, 1.807) is 0 Å². The van der Waals surface area contributed by atoms with Crippen molar-refractivity contribution in [2.24, 2.45) is 0 Å². The highest BCUT2D eigenvalue weighted by Gasteiger charge is 2.24. The smallest absolute Gasteiger partial charge is 0.0702 e. The Morgan fingerprint density at radius 1 is 1.15 bits per heavy atom. The standard InChI is InChI=1S/C18H24N2/c1-2-19-18-9-5-3-4-8-16(18)14-10-11-17-15(13-14)7-6-12-20-17/h6-7,10-13,16,18-19H,2-5,8-9H2,1H3. The zero-order chi connectivity index (χ0) is 13.8. The molecule has 0 spiro atoms. The number of benzene rings is 1. The predicted octanol–water partition coefficient (Wildman–Crippen LogP) is 4.26. The molecule has 0 radical (unpaired) electrons. The fourth-order valence-corrected chi connectivity index (χ4v) is 3.54. The van der Waals surface area contributed by atoms with Crippen molar-refractivity contribution >= 4 is 10.9 Å². The highest BCUT2D eigenvalue weighted by atomic mass is 14.9. The van der Waals surface area contributed by atoms with Crippen LogP contribution in [0.15, 0.2) is 36.5 Å². The molecule has 1 fully saturated rings. The number of nitrogens with zero attached hydrogens (tertiary/aromatic N) is 1. The molecule has 2 aromatic rings. The molecule has 1 aromatic heterocycles. The first kappa shape index (κ1) is 13.6. The van der Waals surface area contributed by atoms with Crippen LogP contribution < -0.4 is 5.32 Å². The van der Waals surface area contributed by atoms with Crippen molar-refractivity contribution in [3.05, 3.63) is 42.1 Å². The van der Waals surface area contributed by atoms with Gasteiger partial charge in [-0.3, -0.25) is 4.98 Å². The fourth-order valence-electron chi connectivity index (χ4n) is 3.54. The van der Waals surface area contributed by atoms with Gasteiger partial charge in [0.1, 0.15) is 0 Å². The molecule has 2 nitrogen and oxygen atoms in total. The van der Waals surface area contributed by atoms with Gasteiger partial charge in [0.05, 0.1) is 5.52 Å². The molecular weight excluding hydrogens is 244 g/mol. The Hall–Kier alpha value is -1.41. The first-order chi connectivity index (χ1) is 9.88. The second kappa shape index (κ2) is 6.36. The van der Waals surface area contributed by atoms with Gasteiger partial charge in [-0.15, -0.1) is 0 Å². The molecule has 1 saturated carbocycles. The molecule has 2 heteroatoms. The SMILES string of the molecule is CCNC1CCCCCC1c1ccc2ncccc2c1. The van der Waals surface area contributed by atoms with Crippen molar-refractivity contribution in [2.75, 3.05) is 6.54 Å². The summed E-state index contributed by atoms with van der Waals surface area (Å²) < 4.78 is 0. The first-order valence-corrected chi connectivity index (χ1v) is 7.96. The van der Waals surface area contributed by atoms with Crippen LogP contribution in [-0.2, 0) is 0 Å². The summed E-state index contributed by atoms with van der Waals surface area (Å²) in [5, 5.41) is 4.97. The molecule has 20 heavy (non-hydrogen) atoms. The van der Waals surface area contributed by atoms with Crippen LogP contribution in [0.2, 0.25) is 0 Å². The molecule has 2 atom stereocenters. The summed E-state index contributed by atoms with van der Waals surface area (Å²) >= 11 is 0. The lowest BCUT2D eigenvalue weighted by atomic mass is 9.87.